The van der Waals surface area contributed by atoms with Gasteiger partial charge in [0.05, 0.1) is 31.1 Å². The number of morpholine rings is 1. The maximum absolute atomic E-state index is 14.2. The lowest BCUT2D eigenvalue weighted by Crippen LogP contribution is -2.47. The van der Waals surface area contributed by atoms with E-state index in [0.29, 0.717) is 11.5 Å². The molecule has 3 aromatic rings. The Hall–Kier alpha value is -3.63. The fraction of sp³-hybridized carbons (Fsp3) is 0.261. The number of amides is 1. The molecule has 170 valence electrons. The van der Waals surface area contributed by atoms with E-state index in [1.807, 2.05) is 12.2 Å². The molecular weight excluding hydrogens is 430 g/mol. The SMILES string of the molecule is O=C(NC1=CC=CC(CN2CCOCC2)N1)c1cnc2ccc(-c3cccc(F)c3F)nn12. The Morgan fingerprint density at radius 2 is 2.06 bits per heavy atom. The minimum Gasteiger partial charge on any atom is -0.379 e. The van der Waals surface area contributed by atoms with Crippen molar-refractivity contribution in [3.63, 3.8) is 0 Å². The van der Waals surface area contributed by atoms with Crippen molar-refractivity contribution in [2.45, 2.75) is 6.04 Å². The molecule has 2 aliphatic heterocycles. The second-order valence-electron chi connectivity index (χ2n) is 7.82. The number of fused-ring (bicyclic) bond motifs is 1. The van der Waals surface area contributed by atoms with Crippen LogP contribution in [0, 0.1) is 11.6 Å². The van der Waals surface area contributed by atoms with Crippen LogP contribution >= 0.6 is 0 Å². The molecule has 10 heteroatoms. The molecule has 1 saturated heterocycles. The van der Waals surface area contributed by atoms with Crippen molar-refractivity contribution < 1.29 is 18.3 Å². The number of hydrogen-bond acceptors (Lipinski definition) is 6. The highest BCUT2D eigenvalue weighted by Gasteiger charge is 2.20. The summed E-state index contributed by atoms with van der Waals surface area (Å²) in [5.41, 5.74) is 0.779. The molecule has 2 aliphatic rings. The number of aromatic nitrogens is 3. The molecule has 1 unspecified atom stereocenters. The van der Waals surface area contributed by atoms with Gasteiger partial charge in [0.1, 0.15) is 5.82 Å². The molecule has 0 aliphatic carbocycles. The fourth-order valence-corrected chi connectivity index (χ4v) is 3.89. The van der Waals surface area contributed by atoms with Gasteiger partial charge in [-0.2, -0.15) is 5.10 Å². The zero-order valence-electron chi connectivity index (χ0n) is 17.7. The predicted octanol–water partition coefficient (Wildman–Crippen LogP) is 2.11. The second kappa shape index (κ2) is 9.08. The standard InChI is InChI=1S/C23H22F2N6O2/c24-17-5-2-4-16(22(17)25)18-7-8-21-26-13-19(31(21)29-18)23(32)28-20-6-1-3-15(27-20)14-30-9-11-33-12-10-30/h1-8,13,15,27H,9-12,14H2,(H,28,32). The molecule has 0 spiro atoms. The van der Waals surface area contributed by atoms with Crippen molar-refractivity contribution in [3.8, 4) is 11.3 Å². The number of ether oxygens (including phenoxy) is 1. The molecule has 5 rings (SSSR count). The van der Waals surface area contributed by atoms with Crippen LogP contribution in [0.5, 0.6) is 0 Å². The monoisotopic (exact) mass is 452 g/mol. The molecule has 1 amide bonds. The Morgan fingerprint density at radius 3 is 2.91 bits per heavy atom. The largest absolute Gasteiger partial charge is 0.379 e. The van der Waals surface area contributed by atoms with Crippen molar-refractivity contribution in [2.75, 3.05) is 32.8 Å². The summed E-state index contributed by atoms with van der Waals surface area (Å²) in [5.74, 6) is -1.83. The number of nitrogens with zero attached hydrogens (tertiary/aromatic N) is 4. The fourth-order valence-electron chi connectivity index (χ4n) is 3.89. The summed E-state index contributed by atoms with van der Waals surface area (Å²) >= 11 is 0. The van der Waals surface area contributed by atoms with Gasteiger partial charge in [-0.1, -0.05) is 18.2 Å². The van der Waals surface area contributed by atoms with Gasteiger partial charge in [-0.3, -0.25) is 9.69 Å². The van der Waals surface area contributed by atoms with E-state index in [2.05, 4.69) is 25.6 Å². The Morgan fingerprint density at radius 1 is 1.21 bits per heavy atom. The minimum absolute atomic E-state index is 0.00436. The van der Waals surface area contributed by atoms with Gasteiger partial charge in [-0.05, 0) is 30.3 Å². The first-order valence-electron chi connectivity index (χ1n) is 10.6. The van der Waals surface area contributed by atoms with Crippen molar-refractivity contribution in [1.29, 1.82) is 0 Å². The van der Waals surface area contributed by atoms with Crippen LogP contribution in [-0.4, -0.2) is 64.3 Å². The van der Waals surface area contributed by atoms with Crippen LogP contribution in [0.4, 0.5) is 8.78 Å². The van der Waals surface area contributed by atoms with Gasteiger partial charge in [0.15, 0.2) is 23.0 Å². The molecule has 1 aromatic carbocycles. The number of imidazole rings is 1. The zero-order valence-corrected chi connectivity index (χ0v) is 17.7. The minimum atomic E-state index is -0.995. The lowest BCUT2D eigenvalue weighted by molar-refractivity contribution is 0.0359. The van der Waals surface area contributed by atoms with E-state index in [1.54, 1.807) is 12.1 Å². The van der Waals surface area contributed by atoms with Gasteiger partial charge in [0.2, 0.25) is 0 Å². The number of rotatable bonds is 5. The first kappa shape index (κ1) is 21.2. The number of carbonyl (C=O) groups is 1. The molecule has 8 nitrogen and oxygen atoms in total. The van der Waals surface area contributed by atoms with Gasteiger partial charge in [0, 0.05) is 25.2 Å². The van der Waals surface area contributed by atoms with Crippen molar-refractivity contribution >= 4 is 11.6 Å². The van der Waals surface area contributed by atoms with Crippen LogP contribution in [0.2, 0.25) is 0 Å². The first-order valence-corrected chi connectivity index (χ1v) is 10.6. The number of carbonyl (C=O) groups excluding carboxylic acids is 1. The van der Waals surface area contributed by atoms with E-state index < -0.39 is 17.5 Å². The topological polar surface area (TPSA) is 83.8 Å². The Labute approximate surface area is 188 Å². The normalized spacial score (nSPS) is 18.7. The quantitative estimate of drug-likeness (QED) is 0.617. The summed E-state index contributed by atoms with van der Waals surface area (Å²) in [4.78, 5) is 19.5. The van der Waals surface area contributed by atoms with E-state index in [1.165, 1.54) is 28.9 Å². The van der Waals surface area contributed by atoms with Crippen LogP contribution in [0.3, 0.4) is 0 Å². The van der Waals surface area contributed by atoms with Crippen LogP contribution in [-0.2, 0) is 4.74 Å². The average molecular weight is 452 g/mol. The number of dihydropyridines is 1. The number of allylic oxidation sites excluding steroid dienone is 2. The number of hydrogen-bond donors (Lipinski definition) is 2. The van der Waals surface area contributed by atoms with Gasteiger partial charge in [0.25, 0.3) is 5.91 Å². The average Bonchev–Trinajstić information content (AvgIpc) is 3.25. The maximum atomic E-state index is 14.2. The Bertz CT molecular complexity index is 1250. The summed E-state index contributed by atoms with van der Waals surface area (Å²) in [6.45, 7) is 3.99. The summed E-state index contributed by atoms with van der Waals surface area (Å²) in [7, 11) is 0. The van der Waals surface area contributed by atoms with Gasteiger partial charge in [-0.25, -0.2) is 18.3 Å². The molecular formula is C23H22F2N6O2. The second-order valence-corrected chi connectivity index (χ2v) is 7.82. The summed E-state index contributed by atoms with van der Waals surface area (Å²) in [5, 5.41) is 10.5. The lowest BCUT2D eigenvalue weighted by atomic mass is 10.1. The number of benzene rings is 1. The van der Waals surface area contributed by atoms with Gasteiger partial charge in [-0.15, -0.1) is 0 Å². The summed E-state index contributed by atoms with van der Waals surface area (Å²) < 4.78 is 34.6. The first-order chi connectivity index (χ1) is 16.1. The maximum Gasteiger partial charge on any atom is 0.277 e. The third-order valence-electron chi connectivity index (χ3n) is 5.58. The van der Waals surface area contributed by atoms with E-state index in [0.717, 1.165) is 38.9 Å². The molecule has 1 fully saturated rings. The lowest BCUT2D eigenvalue weighted by Gasteiger charge is -2.31. The highest BCUT2D eigenvalue weighted by atomic mass is 19.2. The van der Waals surface area contributed by atoms with Crippen molar-refractivity contribution in [2.24, 2.45) is 0 Å². The number of nitrogens with one attached hydrogen (secondary N) is 2. The third-order valence-corrected chi connectivity index (χ3v) is 5.58. The van der Waals surface area contributed by atoms with E-state index in [-0.39, 0.29) is 23.0 Å². The molecule has 1 atom stereocenters. The van der Waals surface area contributed by atoms with Gasteiger partial charge < -0.3 is 15.4 Å². The summed E-state index contributed by atoms with van der Waals surface area (Å²) in [6.07, 6.45) is 7.11. The Balaban J connectivity index is 1.33. The van der Waals surface area contributed by atoms with Crippen molar-refractivity contribution in [3.05, 3.63) is 77.9 Å². The molecule has 0 saturated carbocycles. The third kappa shape index (κ3) is 4.48. The van der Waals surface area contributed by atoms with E-state index in [4.69, 9.17) is 4.74 Å². The van der Waals surface area contributed by atoms with E-state index in [9.17, 15) is 13.6 Å². The van der Waals surface area contributed by atoms with Crippen LogP contribution in [0.15, 0.2) is 60.6 Å². The molecule has 2 aromatic heterocycles. The molecule has 0 radical (unpaired) electrons. The smallest absolute Gasteiger partial charge is 0.277 e. The van der Waals surface area contributed by atoms with Gasteiger partial charge >= 0.3 is 0 Å². The zero-order chi connectivity index (χ0) is 22.8. The highest BCUT2D eigenvalue weighted by molar-refractivity contribution is 5.94. The predicted molar refractivity (Wildman–Crippen MR) is 117 cm³/mol. The molecule has 4 heterocycles. The summed E-state index contributed by atoms with van der Waals surface area (Å²) in [6, 6.07) is 7.06. The molecule has 0 bridgehead atoms. The van der Waals surface area contributed by atoms with E-state index >= 15 is 0 Å². The highest BCUT2D eigenvalue weighted by Crippen LogP contribution is 2.23. The Kier molecular flexibility index (Phi) is 5.84. The van der Waals surface area contributed by atoms with Crippen LogP contribution < -0.4 is 10.6 Å². The number of halogens is 2. The molecule has 33 heavy (non-hydrogen) atoms. The van der Waals surface area contributed by atoms with Crippen LogP contribution in [0.1, 0.15) is 10.5 Å². The van der Waals surface area contributed by atoms with Crippen LogP contribution in [0.25, 0.3) is 16.9 Å². The van der Waals surface area contributed by atoms with Crippen molar-refractivity contribution in [1.82, 2.24) is 30.1 Å². The molecule has 2 N–H and O–H groups in total.